The van der Waals surface area contributed by atoms with Crippen LogP contribution in [0.25, 0.3) is 0 Å². The zero-order chi connectivity index (χ0) is 13.7. The molecule has 0 spiro atoms. The zero-order valence-electron chi connectivity index (χ0n) is 11.4. The van der Waals surface area contributed by atoms with Crippen molar-refractivity contribution in [2.45, 2.75) is 32.2 Å². The lowest BCUT2D eigenvalue weighted by atomic mass is 10.0. The summed E-state index contributed by atoms with van der Waals surface area (Å²) in [4.78, 5) is 15.8. The van der Waals surface area contributed by atoms with Crippen molar-refractivity contribution in [1.29, 1.82) is 0 Å². The van der Waals surface area contributed by atoms with Crippen LogP contribution in [0.15, 0.2) is 18.3 Å². The molecule has 1 aromatic heterocycles. The molecule has 1 fully saturated rings. The number of nitrogens with one attached hydrogen (secondary N) is 2. The Labute approximate surface area is 114 Å². The van der Waals surface area contributed by atoms with E-state index in [2.05, 4.69) is 15.6 Å². The van der Waals surface area contributed by atoms with E-state index in [4.69, 9.17) is 5.73 Å². The molecule has 2 rings (SSSR count). The predicted molar refractivity (Wildman–Crippen MR) is 76.1 cm³/mol. The van der Waals surface area contributed by atoms with Gasteiger partial charge in [-0.05, 0) is 37.8 Å². The minimum absolute atomic E-state index is 0.135. The van der Waals surface area contributed by atoms with Crippen molar-refractivity contribution in [3.05, 3.63) is 24.0 Å². The highest BCUT2D eigenvalue weighted by atomic mass is 16.1. The molecule has 0 aromatic carbocycles. The Balaban J connectivity index is 1.93. The van der Waals surface area contributed by atoms with Gasteiger partial charge in [0.2, 0.25) is 0 Å². The van der Waals surface area contributed by atoms with Crippen molar-refractivity contribution in [2.75, 3.05) is 18.4 Å². The largest absolute Gasteiger partial charge is 0.385 e. The number of nitrogens with zero attached hydrogens (tertiary/aromatic N) is 1. The van der Waals surface area contributed by atoms with Crippen molar-refractivity contribution in [3.8, 4) is 0 Å². The summed E-state index contributed by atoms with van der Waals surface area (Å²) in [5.74, 6) is 0.393. The molecule has 1 aliphatic carbocycles. The molecule has 1 amide bonds. The molecule has 5 heteroatoms. The SMILES string of the molecule is CCNC(=O)c1cc(NCC2CCCC2N)ccn1. The number of anilines is 1. The molecule has 19 heavy (non-hydrogen) atoms. The van der Waals surface area contributed by atoms with Gasteiger partial charge < -0.3 is 16.4 Å². The maximum atomic E-state index is 11.7. The fraction of sp³-hybridized carbons (Fsp3) is 0.571. The van der Waals surface area contributed by atoms with Gasteiger partial charge in [-0.15, -0.1) is 0 Å². The molecule has 1 aromatic rings. The van der Waals surface area contributed by atoms with Gasteiger partial charge >= 0.3 is 0 Å². The van der Waals surface area contributed by atoms with Crippen molar-refractivity contribution in [1.82, 2.24) is 10.3 Å². The third kappa shape index (κ3) is 3.67. The van der Waals surface area contributed by atoms with Crippen molar-refractivity contribution in [2.24, 2.45) is 11.7 Å². The molecular formula is C14H22N4O. The van der Waals surface area contributed by atoms with Crippen molar-refractivity contribution < 1.29 is 4.79 Å². The van der Waals surface area contributed by atoms with E-state index >= 15 is 0 Å². The standard InChI is InChI=1S/C14H22N4O/c1-2-16-14(19)13-8-11(6-7-17-13)18-9-10-4-3-5-12(10)15/h6-8,10,12H,2-5,9,15H2,1H3,(H,16,19)(H,17,18). The number of hydrogen-bond donors (Lipinski definition) is 3. The summed E-state index contributed by atoms with van der Waals surface area (Å²) in [5, 5.41) is 6.10. The van der Waals surface area contributed by atoms with Gasteiger partial charge in [0.1, 0.15) is 5.69 Å². The Bertz CT molecular complexity index is 435. The molecule has 0 saturated heterocycles. The maximum absolute atomic E-state index is 11.7. The smallest absolute Gasteiger partial charge is 0.269 e. The number of hydrogen-bond acceptors (Lipinski definition) is 4. The van der Waals surface area contributed by atoms with Crippen molar-refractivity contribution in [3.63, 3.8) is 0 Å². The highest BCUT2D eigenvalue weighted by molar-refractivity contribution is 5.93. The van der Waals surface area contributed by atoms with E-state index < -0.39 is 0 Å². The summed E-state index contributed by atoms with van der Waals surface area (Å²) in [6, 6.07) is 3.96. The Hall–Kier alpha value is -1.62. The van der Waals surface area contributed by atoms with Crippen LogP contribution in [0.5, 0.6) is 0 Å². The second kappa shape index (κ2) is 6.52. The van der Waals surface area contributed by atoms with Gasteiger partial charge in [-0.2, -0.15) is 0 Å². The van der Waals surface area contributed by atoms with Crippen LogP contribution in [-0.4, -0.2) is 30.0 Å². The average Bonchev–Trinajstić information content (AvgIpc) is 2.82. The van der Waals surface area contributed by atoms with E-state index in [1.54, 1.807) is 12.3 Å². The van der Waals surface area contributed by atoms with E-state index in [0.717, 1.165) is 18.7 Å². The molecule has 2 unspecified atom stereocenters. The summed E-state index contributed by atoms with van der Waals surface area (Å²) in [7, 11) is 0. The second-order valence-electron chi connectivity index (χ2n) is 5.02. The first-order valence-corrected chi connectivity index (χ1v) is 6.94. The third-order valence-electron chi connectivity index (χ3n) is 3.62. The highest BCUT2D eigenvalue weighted by Gasteiger charge is 2.23. The monoisotopic (exact) mass is 262 g/mol. The summed E-state index contributed by atoms with van der Waals surface area (Å²) >= 11 is 0. The molecule has 4 N–H and O–H groups in total. The summed E-state index contributed by atoms with van der Waals surface area (Å²) in [6.45, 7) is 3.36. The highest BCUT2D eigenvalue weighted by Crippen LogP contribution is 2.24. The van der Waals surface area contributed by atoms with Crippen LogP contribution >= 0.6 is 0 Å². The topological polar surface area (TPSA) is 80.0 Å². The number of pyridine rings is 1. The number of carbonyl (C=O) groups excluding carboxylic acids is 1. The lowest BCUT2D eigenvalue weighted by Crippen LogP contribution is -2.29. The molecule has 2 atom stereocenters. The van der Waals surface area contributed by atoms with Gasteiger partial charge in [-0.3, -0.25) is 9.78 Å². The molecular weight excluding hydrogens is 240 g/mol. The van der Waals surface area contributed by atoms with Gasteiger partial charge in [0.25, 0.3) is 5.91 Å². The van der Waals surface area contributed by atoms with Gasteiger partial charge in [-0.1, -0.05) is 6.42 Å². The van der Waals surface area contributed by atoms with E-state index in [1.807, 2.05) is 13.0 Å². The Morgan fingerprint density at radius 2 is 2.37 bits per heavy atom. The lowest BCUT2D eigenvalue weighted by Gasteiger charge is -2.16. The fourth-order valence-electron chi connectivity index (χ4n) is 2.48. The molecule has 0 bridgehead atoms. The summed E-state index contributed by atoms with van der Waals surface area (Å²) in [5.41, 5.74) is 7.42. The van der Waals surface area contributed by atoms with Crippen molar-refractivity contribution >= 4 is 11.6 Å². The maximum Gasteiger partial charge on any atom is 0.269 e. The molecule has 5 nitrogen and oxygen atoms in total. The number of carbonyl (C=O) groups is 1. The van der Waals surface area contributed by atoms with E-state index in [-0.39, 0.29) is 5.91 Å². The first-order valence-electron chi connectivity index (χ1n) is 6.94. The van der Waals surface area contributed by atoms with E-state index in [9.17, 15) is 4.79 Å². The molecule has 1 aliphatic rings. The molecule has 104 valence electrons. The molecule has 0 radical (unpaired) electrons. The minimum Gasteiger partial charge on any atom is -0.385 e. The third-order valence-corrected chi connectivity index (χ3v) is 3.62. The zero-order valence-corrected chi connectivity index (χ0v) is 11.4. The van der Waals surface area contributed by atoms with Gasteiger partial charge in [0.05, 0.1) is 0 Å². The second-order valence-corrected chi connectivity index (χ2v) is 5.02. The van der Waals surface area contributed by atoms with Crippen LogP contribution in [0.3, 0.4) is 0 Å². The normalized spacial score (nSPS) is 22.2. The fourth-order valence-corrected chi connectivity index (χ4v) is 2.48. The van der Waals surface area contributed by atoms with E-state index in [0.29, 0.717) is 24.2 Å². The van der Waals surface area contributed by atoms with E-state index in [1.165, 1.54) is 12.8 Å². The Morgan fingerprint density at radius 3 is 3.05 bits per heavy atom. The number of aromatic nitrogens is 1. The van der Waals surface area contributed by atoms with Gasteiger partial charge in [-0.25, -0.2) is 0 Å². The number of amides is 1. The number of rotatable bonds is 5. The molecule has 0 aliphatic heterocycles. The predicted octanol–water partition coefficient (Wildman–Crippen LogP) is 1.37. The average molecular weight is 262 g/mol. The number of nitrogens with two attached hydrogens (primary N) is 1. The van der Waals surface area contributed by atoms with Crippen LogP contribution in [0.2, 0.25) is 0 Å². The molecule has 1 saturated carbocycles. The first-order chi connectivity index (χ1) is 9.20. The Kier molecular flexibility index (Phi) is 4.74. The Morgan fingerprint density at radius 1 is 1.53 bits per heavy atom. The summed E-state index contributed by atoms with van der Waals surface area (Å²) < 4.78 is 0. The van der Waals surface area contributed by atoms with Crippen LogP contribution in [0.1, 0.15) is 36.7 Å². The van der Waals surface area contributed by atoms with Crippen LogP contribution in [0.4, 0.5) is 5.69 Å². The molecule has 1 heterocycles. The quantitative estimate of drug-likeness (QED) is 0.748. The van der Waals surface area contributed by atoms with Gasteiger partial charge in [0, 0.05) is 31.0 Å². The van der Waals surface area contributed by atoms with Crippen LogP contribution in [-0.2, 0) is 0 Å². The van der Waals surface area contributed by atoms with Crippen LogP contribution in [0, 0.1) is 5.92 Å². The van der Waals surface area contributed by atoms with Gasteiger partial charge in [0.15, 0.2) is 0 Å². The first kappa shape index (κ1) is 13.8. The minimum atomic E-state index is -0.135. The summed E-state index contributed by atoms with van der Waals surface area (Å²) in [6.07, 6.45) is 5.17. The van der Waals surface area contributed by atoms with Crippen LogP contribution < -0.4 is 16.4 Å². The lowest BCUT2D eigenvalue weighted by molar-refractivity contribution is 0.0951.